The van der Waals surface area contributed by atoms with Gasteiger partial charge in [0.05, 0.1) is 22.5 Å². The maximum absolute atomic E-state index is 12.9. The lowest BCUT2D eigenvalue weighted by atomic mass is 9.85. The van der Waals surface area contributed by atoms with Crippen LogP contribution in [0.5, 0.6) is 11.5 Å². The van der Waals surface area contributed by atoms with Gasteiger partial charge < -0.3 is 4.74 Å². The predicted molar refractivity (Wildman–Crippen MR) is 103 cm³/mol. The summed E-state index contributed by atoms with van der Waals surface area (Å²) in [6.45, 7) is 0. The first-order chi connectivity index (χ1) is 13.0. The van der Waals surface area contributed by atoms with E-state index < -0.39 is 0 Å². The van der Waals surface area contributed by atoms with Crippen LogP contribution in [0.2, 0.25) is 10.0 Å². The standard InChI is InChI=1S/C21H15Cl2NO3/c22-13-3-8-17(16(23)10-13)27-15-6-4-14(5-7-15)24-20(25)18-11-1-2-12(9-11)19(18)21(24)26/h1-8,10-12,18-19H,9H2/t11-,12-,18-,19+/m0/s1. The molecule has 27 heavy (non-hydrogen) atoms. The first kappa shape index (κ1) is 16.8. The van der Waals surface area contributed by atoms with Crippen LogP contribution in [0.1, 0.15) is 6.42 Å². The Kier molecular flexibility index (Phi) is 3.81. The molecule has 2 aromatic carbocycles. The van der Waals surface area contributed by atoms with E-state index in [-0.39, 0.29) is 35.5 Å². The fraction of sp³-hybridized carbons (Fsp3) is 0.238. The summed E-state index contributed by atoms with van der Waals surface area (Å²) in [6.07, 6.45) is 5.11. The minimum absolute atomic E-state index is 0.0868. The maximum atomic E-state index is 12.9. The molecule has 2 bridgehead atoms. The number of rotatable bonds is 3. The van der Waals surface area contributed by atoms with Crippen LogP contribution < -0.4 is 9.64 Å². The van der Waals surface area contributed by atoms with E-state index in [9.17, 15) is 9.59 Å². The van der Waals surface area contributed by atoms with Crippen molar-refractivity contribution < 1.29 is 14.3 Å². The molecule has 2 fully saturated rings. The lowest BCUT2D eigenvalue weighted by Gasteiger charge is -2.17. The van der Waals surface area contributed by atoms with Crippen LogP contribution in [-0.2, 0) is 9.59 Å². The van der Waals surface area contributed by atoms with Crippen molar-refractivity contribution >= 4 is 40.7 Å². The fourth-order valence-electron chi connectivity index (χ4n) is 4.51. The minimum atomic E-state index is -0.198. The number of imide groups is 1. The Balaban J connectivity index is 1.38. The van der Waals surface area contributed by atoms with Crippen molar-refractivity contribution in [3.63, 3.8) is 0 Å². The maximum Gasteiger partial charge on any atom is 0.238 e. The smallest absolute Gasteiger partial charge is 0.238 e. The SMILES string of the molecule is O=C1[C@@H]2[C@H](C(=O)N1c1ccc(Oc3ccc(Cl)cc3Cl)cc1)[C@H]1C=C[C@H]2C1. The highest BCUT2D eigenvalue weighted by Crippen LogP contribution is 2.53. The number of amides is 2. The molecule has 2 amide bonds. The van der Waals surface area contributed by atoms with E-state index >= 15 is 0 Å². The summed E-state index contributed by atoms with van der Waals surface area (Å²) in [5.74, 6) is 0.885. The summed E-state index contributed by atoms with van der Waals surface area (Å²) < 4.78 is 5.77. The molecule has 1 aliphatic heterocycles. The minimum Gasteiger partial charge on any atom is -0.456 e. The molecule has 0 N–H and O–H groups in total. The number of allylic oxidation sites excluding steroid dienone is 2. The highest BCUT2D eigenvalue weighted by Gasteiger charge is 2.59. The lowest BCUT2D eigenvalue weighted by molar-refractivity contribution is -0.123. The molecule has 1 saturated carbocycles. The monoisotopic (exact) mass is 399 g/mol. The highest BCUT2D eigenvalue weighted by atomic mass is 35.5. The van der Waals surface area contributed by atoms with Crippen molar-refractivity contribution in [1.29, 1.82) is 0 Å². The molecular formula is C21H15Cl2NO3. The van der Waals surface area contributed by atoms with Crippen molar-refractivity contribution in [3.8, 4) is 11.5 Å². The van der Waals surface area contributed by atoms with E-state index in [4.69, 9.17) is 27.9 Å². The van der Waals surface area contributed by atoms with Crippen LogP contribution in [0.4, 0.5) is 5.69 Å². The van der Waals surface area contributed by atoms with Crippen molar-refractivity contribution in [3.05, 3.63) is 64.7 Å². The van der Waals surface area contributed by atoms with Gasteiger partial charge in [-0.1, -0.05) is 35.4 Å². The molecule has 1 heterocycles. The number of nitrogens with zero attached hydrogens (tertiary/aromatic N) is 1. The molecule has 4 atom stereocenters. The molecule has 4 nitrogen and oxygen atoms in total. The van der Waals surface area contributed by atoms with Crippen LogP contribution in [-0.4, -0.2) is 11.8 Å². The third kappa shape index (κ3) is 2.59. The number of hydrogen-bond acceptors (Lipinski definition) is 3. The predicted octanol–water partition coefficient (Wildman–Crippen LogP) is 5.10. The molecular weight excluding hydrogens is 385 g/mol. The number of carbonyl (C=O) groups excluding carboxylic acids is 2. The van der Waals surface area contributed by atoms with E-state index in [1.54, 1.807) is 42.5 Å². The Morgan fingerprint density at radius 1 is 0.889 bits per heavy atom. The number of carbonyl (C=O) groups is 2. The van der Waals surface area contributed by atoms with E-state index in [1.807, 2.05) is 0 Å². The third-order valence-corrected chi connectivity index (χ3v) is 6.22. The highest BCUT2D eigenvalue weighted by molar-refractivity contribution is 6.35. The molecule has 2 aromatic rings. The second kappa shape index (κ2) is 6.11. The van der Waals surface area contributed by atoms with Gasteiger partial charge >= 0.3 is 0 Å². The number of hydrogen-bond donors (Lipinski definition) is 0. The van der Waals surface area contributed by atoms with E-state index in [2.05, 4.69) is 12.2 Å². The van der Waals surface area contributed by atoms with Crippen molar-refractivity contribution in [2.24, 2.45) is 23.7 Å². The summed E-state index contributed by atoms with van der Waals surface area (Å²) in [5.41, 5.74) is 0.577. The van der Waals surface area contributed by atoms with Gasteiger partial charge in [0.2, 0.25) is 11.8 Å². The normalized spacial score (nSPS) is 28.1. The second-order valence-electron chi connectivity index (χ2n) is 7.18. The number of anilines is 1. The van der Waals surface area contributed by atoms with Gasteiger partial charge in [0.1, 0.15) is 11.5 Å². The zero-order valence-electron chi connectivity index (χ0n) is 14.1. The topological polar surface area (TPSA) is 46.6 Å². The van der Waals surface area contributed by atoms with E-state index in [0.29, 0.717) is 27.2 Å². The summed E-state index contributed by atoms with van der Waals surface area (Å²) in [7, 11) is 0. The Bertz CT molecular complexity index is 955. The summed E-state index contributed by atoms with van der Waals surface area (Å²) in [5, 5.41) is 0.940. The molecule has 5 rings (SSSR count). The summed E-state index contributed by atoms with van der Waals surface area (Å²) in [4.78, 5) is 27.0. The van der Waals surface area contributed by atoms with Gasteiger partial charge in [-0.3, -0.25) is 14.5 Å². The van der Waals surface area contributed by atoms with Crippen molar-refractivity contribution in [2.45, 2.75) is 6.42 Å². The Morgan fingerprint density at radius 3 is 2.11 bits per heavy atom. The van der Waals surface area contributed by atoms with Gasteiger partial charge in [-0.05, 0) is 60.7 Å². The molecule has 6 heteroatoms. The van der Waals surface area contributed by atoms with Crippen molar-refractivity contribution in [1.82, 2.24) is 0 Å². The fourth-order valence-corrected chi connectivity index (χ4v) is 4.95. The summed E-state index contributed by atoms with van der Waals surface area (Å²) in [6, 6.07) is 11.9. The lowest BCUT2D eigenvalue weighted by Crippen LogP contribution is -2.32. The summed E-state index contributed by atoms with van der Waals surface area (Å²) >= 11 is 12.0. The van der Waals surface area contributed by atoms with Crippen LogP contribution >= 0.6 is 23.2 Å². The number of ether oxygens (including phenoxy) is 1. The molecule has 3 aliphatic rings. The largest absolute Gasteiger partial charge is 0.456 e. The van der Waals surface area contributed by atoms with E-state index in [0.717, 1.165) is 6.42 Å². The third-order valence-electron chi connectivity index (χ3n) is 5.69. The molecule has 0 aromatic heterocycles. The Hall–Kier alpha value is -2.30. The van der Waals surface area contributed by atoms with Gasteiger partial charge in [-0.25, -0.2) is 0 Å². The zero-order valence-corrected chi connectivity index (χ0v) is 15.7. The first-order valence-electron chi connectivity index (χ1n) is 8.82. The van der Waals surface area contributed by atoms with Crippen LogP contribution in [0.3, 0.4) is 0 Å². The van der Waals surface area contributed by atoms with Gasteiger partial charge in [-0.15, -0.1) is 0 Å². The van der Waals surface area contributed by atoms with Crippen LogP contribution in [0, 0.1) is 23.7 Å². The molecule has 2 aliphatic carbocycles. The molecule has 0 spiro atoms. The Labute approximate surface area is 166 Å². The van der Waals surface area contributed by atoms with Gasteiger partial charge in [0, 0.05) is 5.02 Å². The Morgan fingerprint density at radius 2 is 1.52 bits per heavy atom. The molecule has 0 unspecified atom stereocenters. The zero-order chi connectivity index (χ0) is 18.7. The van der Waals surface area contributed by atoms with Crippen LogP contribution in [0.15, 0.2) is 54.6 Å². The van der Waals surface area contributed by atoms with Gasteiger partial charge in [0.15, 0.2) is 0 Å². The van der Waals surface area contributed by atoms with Crippen LogP contribution in [0.25, 0.3) is 0 Å². The molecule has 0 radical (unpaired) electrons. The van der Waals surface area contributed by atoms with Crippen molar-refractivity contribution in [2.75, 3.05) is 4.90 Å². The molecule has 136 valence electrons. The number of benzene rings is 2. The molecule has 1 saturated heterocycles. The average Bonchev–Trinajstić information content (AvgIpc) is 3.32. The second-order valence-corrected chi connectivity index (χ2v) is 8.03. The average molecular weight is 400 g/mol. The number of halogens is 2. The quantitative estimate of drug-likeness (QED) is 0.532. The number of fused-ring (bicyclic) bond motifs is 5. The van der Waals surface area contributed by atoms with Gasteiger partial charge in [0.25, 0.3) is 0 Å². The first-order valence-corrected chi connectivity index (χ1v) is 9.57. The van der Waals surface area contributed by atoms with E-state index in [1.165, 1.54) is 4.90 Å². The van der Waals surface area contributed by atoms with Gasteiger partial charge in [-0.2, -0.15) is 0 Å².